The van der Waals surface area contributed by atoms with Crippen LogP contribution in [0.5, 0.6) is 0 Å². The van der Waals surface area contributed by atoms with Gasteiger partial charge >= 0.3 is 5.97 Å². The van der Waals surface area contributed by atoms with E-state index < -0.39 is 46.3 Å². The molecule has 2 saturated heterocycles. The molecule has 0 aromatic carbocycles. The van der Waals surface area contributed by atoms with E-state index in [1.54, 1.807) is 0 Å². The van der Waals surface area contributed by atoms with Crippen LogP contribution in [0.1, 0.15) is 133 Å². The highest BCUT2D eigenvalue weighted by Crippen LogP contribution is 2.76. The highest BCUT2D eigenvalue weighted by Gasteiger charge is 2.85. The van der Waals surface area contributed by atoms with Crippen LogP contribution in [0.4, 0.5) is 0 Å². The Morgan fingerprint density at radius 3 is 2.20 bits per heavy atom. The third-order valence-electron chi connectivity index (χ3n) is 12.4. The van der Waals surface area contributed by atoms with Gasteiger partial charge in [-0.15, -0.1) is 0 Å². The quantitative estimate of drug-likeness (QED) is 0.131. The third kappa shape index (κ3) is 4.95. The number of carbonyl (C=O) groups excluding carboxylic acids is 2. The van der Waals surface area contributed by atoms with Gasteiger partial charge in [0.25, 0.3) is 0 Å². The largest absolute Gasteiger partial charge is 0.458 e. The van der Waals surface area contributed by atoms with Crippen LogP contribution in [0.25, 0.3) is 0 Å². The molecule has 2 heterocycles. The van der Waals surface area contributed by atoms with Crippen LogP contribution in [-0.2, 0) is 33.3 Å². The van der Waals surface area contributed by atoms with E-state index in [1.165, 1.54) is 38.5 Å². The molecule has 6 unspecified atom stereocenters. The summed E-state index contributed by atoms with van der Waals surface area (Å²) >= 11 is 0. The summed E-state index contributed by atoms with van der Waals surface area (Å²) in [6, 6.07) is 0. The van der Waals surface area contributed by atoms with Crippen molar-refractivity contribution < 1.29 is 33.3 Å². The van der Waals surface area contributed by atoms with Gasteiger partial charge in [0.15, 0.2) is 17.4 Å². The van der Waals surface area contributed by atoms with Crippen molar-refractivity contribution in [3.05, 3.63) is 23.3 Å². The molecule has 45 heavy (non-hydrogen) atoms. The molecule has 0 aromatic heterocycles. The second kappa shape index (κ2) is 11.3. The fraction of sp³-hybridized carbons (Fsp3) is 0.842. The van der Waals surface area contributed by atoms with Gasteiger partial charge in [-0.05, 0) is 64.5 Å². The first-order valence-corrected chi connectivity index (χ1v) is 17.9. The highest BCUT2D eigenvalue weighted by molar-refractivity contribution is 5.96. The number of fused-ring (bicyclic) bond motifs is 4. The molecule has 0 amide bonds. The van der Waals surface area contributed by atoms with Crippen LogP contribution < -0.4 is 0 Å². The SMILES string of the molecule is CCCCCCCCCCCC(=O)O[C@@]12CC(C)C34C=C(C)C5OC(C)(C)OC53C3OC(C)(C)OCC3=CC(C4=O)[C@H]1C2(C)C. The molecule has 2 aliphatic heterocycles. The van der Waals surface area contributed by atoms with Crippen molar-refractivity contribution in [2.75, 3.05) is 6.61 Å². The Bertz CT molecular complexity index is 1260. The molecule has 0 aromatic rings. The number of allylic oxidation sites excluding steroid dienone is 1. The summed E-state index contributed by atoms with van der Waals surface area (Å²) in [5, 5.41) is 0. The lowest BCUT2D eigenvalue weighted by Crippen LogP contribution is -2.67. The zero-order chi connectivity index (χ0) is 32.6. The van der Waals surface area contributed by atoms with Crippen LogP contribution in [0.15, 0.2) is 23.3 Å². The molecule has 0 N–H and O–H groups in total. The Labute approximate surface area is 271 Å². The lowest BCUT2D eigenvalue weighted by atomic mass is 9.58. The van der Waals surface area contributed by atoms with E-state index in [0.29, 0.717) is 19.4 Å². The van der Waals surface area contributed by atoms with Crippen molar-refractivity contribution in [1.29, 1.82) is 0 Å². The van der Waals surface area contributed by atoms with E-state index in [4.69, 9.17) is 23.7 Å². The Hall–Kier alpha value is -1.54. The van der Waals surface area contributed by atoms with E-state index in [9.17, 15) is 4.79 Å². The van der Waals surface area contributed by atoms with Crippen LogP contribution >= 0.6 is 0 Å². The summed E-state index contributed by atoms with van der Waals surface area (Å²) in [6.45, 7) is 18.9. The molecule has 6 rings (SSSR count). The normalized spacial score (nSPS) is 41.4. The van der Waals surface area contributed by atoms with E-state index in [1.807, 2.05) is 27.7 Å². The van der Waals surface area contributed by atoms with Crippen molar-refractivity contribution in [3.63, 3.8) is 0 Å². The third-order valence-corrected chi connectivity index (χ3v) is 12.4. The van der Waals surface area contributed by atoms with Crippen molar-refractivity contribution in [3.8, 4) is 0 Å². The molecule has 2 bridgehead atoms. The molecule has 0 radical (unpaired) electrons. The van der Waals surface area contributed by atoms with Gasteiger partial charge in [0.2, 0.25) is 0 Å². The van der Waals surface area contributed by atoms with E-state index in [2.05, 4.69) is 46.8 Å². The fourth-order valence-electron chi connectivity index (χ4n) is 10.3. The number of hydrogen-bond acceptors (Lipinski definition) is 7. The number of Topliss-reactive ketones (excluding diaryl/α,β-unsaturated/α-hetero) is 1. The van der Waals surface area contributed by atoms with Gasteiger partial charge in [0.05, 0.1) is 12.0 Å². The summed E-state index contributed by atoms with van der Waals surface area (Å²) in [4.78, 5) is 28.8. The topological polar surface area (TPSA) is 80.3 Å². The maximum Gasteiger partial charge on any atom is 0.306 e. The lowest BCUT2D eigenvalue weighted by Gasteiger charge is -2.53. The summed E-state index contributed by atoms with van der Waals surface area (Å²) in [5.41, 5.74) is -1.23. The molecule has 6 aliphatic rings. The molecular weight excluding hydrogens is 568 g/mol. The average Bonchev–Trinajstić information content (AvgIpc) is 3.16. The van der Waals surface area contributed by atoms with Gasteiger partial charge < -0.3 is 23.7 Å². The van der Waals surface area contributed by atoms with Crippen molar-refractivity contribution in [2.24, 2.45) is 28.6 Å². The number of hydrogen-bond donors (Lipinski definition) is 0. The number of carbonyl (C=O) groups is 2. The summed E-state index contributed by atoms with van der Waals surface area (Å²) in [5.74, 6) is -2.52. The Morgan fingerprint density at radius 1 is 0.911 bits per heavy atom. The summed E-state index contributed by atoms with van der Waals surface area (Å²) < 4.78 is 33.3. The second-order valence-corrected chi connectivity index (χ2v) is 16.6. The van der Waals surface area contributed by atoms with Crippen LogP contribution in [-0.4, -0.2) is 53.3 Å². The number of unbranched alkanes of at least 4 members (excludes halogenated alkanes) is 8. The summed E-state index contributed by atoms with van der Waals surface area (Å²) in [7, 11) is 0. The van der Waals surface area contributed by atoms with Crippen molar-refractivity contribution >= 4 is 11.8 Å². The zero-order valence-electron chi connectivity index (χ0n) is 29.4. The standard InChI is InChI=1S/C38H58O7/c1-10-11-12-13-14-15-16-17-18-19-28(39)42-37-22-25(3)36-21-24(2)31-38(36,45-35(8,9)43-31)32-26(23-41-34(6,7)44-32)20-27(30(36)40)29(37)33(37,4)5/h20-21,25,27,29,31-32H,10-19,22-23H2,1-9H3/t25?,27?,29-,31?,32?,36?,37-,38?/m0/s1. The van der Waals surface area contributed by atoms with Gasteiger partial charge in [0, 0.05) is 23.7 Å². The minimum atomic E-state index is -1.08. The number of ether oxygens (including phenoxy) is 5. The van der Waals surface area contributed by atoms with E-state index in [0.717, 1.165) is 30.4 Å². The van der Waals surface area contributed by atoms with Gasteiger partial charge in [-0.2, -0.15) is 0 Å². The molecular formula is C38H58O7. The first-order valence-electron chi connectivity index (χ1n) is 17.9. The van der Waals surface area contributed by atoms with E-state index in [-0.39, 0.29) is 29.0 Å². The highest BCUT2D eigenvalue weighted by atomic mass is 16.8. The van der Waals surface area contributed by atoms with Crippen LogP contribution in [0.2, 0.25) is 0 Å². The number of esters is 1. The molecule has 252 valence electrons. The Balaban J connectivity index is 1.29. The first kappa shape index (κ1) is 33.4. The molecule has 7 nitrogen and oxygen atoms in total. The minimum Gasteiger partial charge on any atom is -0.458 e. The number of ketones is 1. The van der Waals surface area contributed by atoms with Crippen molar-refractivity contribution in [1.82, 2.24) is 0 Å². The predicted molar refractivity (Wildman–Crippen MR) is 172 cm³/mol. The molecule has 4 aliphatic carbocycles. The van der Waals surface area contributed by atoms with Gasteiger partial charge in [-0.3, -0.25) is 9.59 Å². The van der Waals surface area contributed by atoms with Gasteiger partial charge in [0.1, 0.15) is 23.4 Å². The molecule has 2 spiro atoms. The average molecular weight is 627 g/mol. The maximum absolute atomic E-state index is 15.3. The van der Waals surface area contributed by atoms with Gasteiger partial charge in [-0.25, -0.2) is 0 Å². The fourth-order valence-corrected chi connectivity index (χ4v) is 10.3. The molecule has 7 heteroatoms. The minimum absolute atomic E-state index is 0.132. The maximum atomic E-state index is 15.3. The smallest absolute Gasteiger partial charge is 0.306 e. The Kier molecular flexibility index (Phi) is 8.36. The van der Waals surface area contributed by atoms with Crippen LogP contribution in [0.3, 0.4) is 0 Å². The zero-order valence-corrected chi connectivity index (χ0v) is 29.4. The second-order valence-electron chi connectivity index (χ2n) is 16.6. The molecule has 4 fully saturated rings. The summed E-state index contributed by atoms with van der Waals surface area (Å²) in [6.07, 6.45) is 15.1. The predicted octanol–water partition coefficient (Wildman–Crippen LogP) is 8.00. The first-order chi connectivity index (χ1) is 21.1. The van der Waals surface area contributed by atoms with Gasteiger partial charge in [-0.1, -0.05) is 91.2 Å². The Morgan fingerprint density at radius 2 is 1.53 bits per heavy atom. The molecule has 8 atom stereocenters. The monoisotopic (exact) mass is 626 g/mol. The lowest BCUT2D eigenvalue weighted by molar-refractivity contribution is -0.304. The van der Waals surface area contributed by atoms with Crippen LogP contribution in [0, 0.1) is 28.6 Å². The van der Waals surface area contributed by atoms with E-state index >= 15 is 4.79 Å². The van der Waals surface area contributed by atoms with Crippen molar-refractivity contribution in [2.45, 2.75) is 168 Å². The molecule has 2 saturated carbocycles. The number of rotatable bonds is 11.